The molecule has 1 aliphatic heterocycles. The number of alkyl halides is 3. The maximum Gasteiger partial charge on any atom is 0.283 e. The van der Waals surface area contributed by atoms with Crippen LogP contribution in [0.15, 0.2) is 41.5 Å². The molecule has 3 rings (SSSR count). The smallest absolute Gasteiger partial charge is 0.283 e. The van der Waals surface area contributed by atoms with Crippen molar-refractivity contribution in [2.45, 2.75) is 24.5 Å². The number of hydrogen-bond acceptors (Lipinski definition) is 6. The second kappa shape index (κ2) is 8.36. The Hall–Kier alpha value is -3.68. The highest BCUT2D eigenvalue weighted by Crippen LogP contribution is 2.42. The third-order valence-electron chi connectivity index (χ3n) is 4.48. The van der Waals surface area contributed by atoms with Gasteiger partial charge in [-0.15, -0.1) is 0 Å². The molecular weight excluding hydrogens is 406 g/mol. The van der Waals surface area contributed by atoms with Crippen LogP contribution in [0.4, 0.5) is 23.2 Å². The van der Waals surface area contributed by atoms with Gasteiger partial charge >= 0.3 is 0 Å². The molecule has 0 unspecified atom stereocenters. The Labute approximate surface area is 168 Å². The van der Waals surface area contributed by atoms with E-state index in [0.29, 0.717) is 0 Å². The molecular formula is C19H15F4N5O2. The number of pyridine rings is 1. The van der Waals surface area contributed by atoms with Crippen LogP contribution in [0.2, 0.25) is 0 Å². The summed E-state index contributed by atoms with van der Waals surface area (Å²) in [5.74, 6) is -1.74. The highest BCUT2D eigenvalue weighted by molar-refractivity contribution is 6.02. The molecule has 3 N–H and O–H groups in total. The molecule has 11 heteroatoms. The van der Waals surface area contributed by atoms with Crippen molar-refractivity contribution >= 4 is 17.6 Å². The van der Waals surface area contributed by atoms with Gasteiger partial charge in [-0.3, -0.25) is 4.79 Å². The number of amides is 1. The van der Waals surface area contributed by atoms with Gasteiger partial charge in [-0.1, -0.05) is 0 Å². The van der Waals surface area contributed by atoms with Crippen LogP contribution in [-0.4, -0.2) is 36.1 Å². The number of amidine groups is 1. The second-order valence-electron chi connectivity index (χ2n) is 6.47. The number of nitrogens with zero attached hydrogens (tertiary/aromatic N) is 3. The van der Waals surface area contributed by atoms with Crippen molar-refractivity contribution < 1.29 is 27.1 Å². The number of carbonyl (C=O) groups is 1. The van der Waals surface area contributed by atoms with E-state index in [-0.39, 0.29) is 16.9 Å². The zero-order chi connectivity index (χ0) is 21.9. The van der Waals surface area contributed by atoms with Crippen molar-refractivity contribution in [3.05, 3.63) is 59.2 Å². The van der Waals surface area contributed by atoms with Gasteiger partial charge in [-0.25, -0.2) is 27.5 Å². The van der Waals surface area contributed by atoms with E-state index in [1.807, 2.05) is 6.07 Å². The summed E-state index contributed by atoms with van der Waals surface area (Å²) in [4.78, 5) is 19.8. The standard InChI is InChI=1S/C19H15F4N5O2/c20-7-12-6-19(17(22)23,28-18(25)30-12)13-5-11(2-3-14(13)21)27-16(29)15-4-1-10(8-24)9-26-15/h1-5,9,12,17H,6-7H2,(H2,25,28)(H,27,29)/t12-,19+/m1/s1. The van der Waals surface area contributed by atoms with Gasteiger partial charge in [0.2, 0.25) is 0 Å². The molecule has 2 heterocycles. The number of nitrogens with two attached hydrogens (primary N) is 1. The summed E-state index contributed by atoms with van der Waals surface area (Å²) in [6.07, 6.45) is -4.01. The molecule has 0 bridgehead atoms. The molecule has 2 atom stereocenters. The van der Waals surface area contributed by atoms with E-state index in [1.54, 1.807) is 0 Å². The molecule has 1 amide bonds. The number of aliphatic imine (C=N–C) groups is 1. The van der Waals surface area contributed by atoms with Crippen molar-refractivity contribution in [1.82, 2.24) is 4.98 Å². The van der Waals surface area contributed by atoms with Crippen LogP contribution in [0.5, 0.6) is 0 Å². The van der Waals surface area contributed by atoms with Crippen molar-refractivity contribution in [1.29, 1.82) is 5.26 Å². The molecule has 1 aromatic carbocycles. The summed E-state index contributed by atoms with van der Waals surface area (Å²) < 4.78 is 60.6. The molecule has 0 saturated carbocycles. The lowest BCUT2D eigenvalue weighted by atomic mass is 9.84. The first-order valence-corrected chi connectivity index (χ1v) is 8.62. The Kier molecular flexibility index (Phi) is 5.86. The normalized spacial score (nSPS) is 20.8. The predicted molar refractivity (Wildman–Crippen MR) is 98.1 cm³/mol. The van der Waals surface area contributed by atoms with Gasteiger partial charge < -0.3 is 15.8 Å². The Balaban J connectivity index is 1.96. The van der Waals surface area contributed by atoms with Crippen molar-refractivity contribution in [3.63, 3.8) is 0 Å². The van der Waals surface area contributed by atoms with Crippen molar-refractivity contribution in [2.24, 2.45) is 10.7 Å². The van der Waals surface area contributed by atoms with E-state index in [2.05, 4.69) is 15.3 Å². The van der Waals surface area contributed by atoms with Gasteiger partial charge in [-0.2, -0.15) is 5.26 Å². The molecule has 0 fully saturated rings. The van der Waals surface area contributed by atoms with E-state index in [9.17, 15) is 22.4 Å². The van der Waals surface area contributed by atoms with Gasteiger partial charge in [0.15, 0.2) is 5.54 Å². The molecule has 0 spiro atoms. The second-order valence-corrected chi connectivity index (χ2v) is 6.47. The summed E-state index contributed by atoms with van der Waals surface area (Å²) in [5.41, 5.74) is 2.57. The van der Waals surface area contributed by atoms with Crippen molar-refractivity contribution in [2.75, 3.05) is 12.0 Å². The summed E-state index contributed by atoms with van der Waals surface area (Å²) in [6, 6.07) is 6.88. The van der Waals surface area contributed by atoms with Gasteiger partial charge in [-0.05, 0) is 30.3 Å². The number of halogens is 4. The lowest BCUT2D eigenvalue weighted by molar-refractivity contribution is -0.00510. The van der Waals surface area contributed by atoms with Crippen molar-refractivity contribution in [3.8, 4) is 6.07 Å². The van der Waals surface area contributed by atoms with Crippen LogP contribution >= 0.6 is 0 Å². The number of rotatable bonds is 5. The Morgan fingerprint density at radius 1 is 1.40 bits per heavy atom. The summed E-state index contributed by atoms with van der Waals surface area (Å²) in [7, 11) is 0. The van der Waals surface area contributed by atoms with Crippen LogP contribution in [-0.2, 0) is 10.3 Å². The third-order valence-corrected chi connectivity index (χ3v) is 4.48. The fraction of sp³-hybridized carbons (Fsp3) is 0.263. The van der Waals surface area contributed by atoms with E-state index in [4.69, 9.17) is 15.7 Å². The average molecular weight is 421 g/mol. The predicted octanol–water partition coefficient (Wildman–Crippen LogP) is 2.88. The summed E-state index contributed by atoms with van der Waals surface area (Å²) in [6.45, 7) is -1.12. The highest BCUT2D eigenvalue weighted by Gasteiger charge is 2.49. The largest absolute Gasteiger partial charge is 0.459 e. The Bertz CT molecular complexity index is 1020. The van der Waals surface area contributed by atoms with E-state index in [0.717, 1.165) is 12.1 Å². The van der Waals surface area contributed by atoms with E-state index >= 15 is 0 Å². The zero-order valence-corrected chi connectivity index (χ0v) is 15.3. The Morgan fingerprint density at radius 2 is 2.17 bits per heavy atom. The molecule has 0 aliphatic carbocycles. The quantitative estimate of drug-likeness (QED) is 0.721. The van der Waals surface area contributed by atoms with Gasteiger partial charge in [0.05, 0.1) is 5.56 Å². The summed E-state index contributed by atoms with van der Waals surface area (Å²) >= 11 is 0. The molecule has 30 heavy (non-hydrogen) atoms. The first-order chi connectivity index (χ1) is 14.3. The number of ether oxygens (including phenoxy) is 1. The number of aromatic nitrogens is 1. The zero-order valence-electron chi connectivity index (χ0n) is 15.3. The highest BCUT2D eigenvalue weighted by atomic mass is 19.3. The minimum Gasteiger partial charge on any atom is -0.459 e. The van der Waals surface area contributed by atoms with Crippen LogP contribution in [0.3, 0.4) is 0 Å². The minimum absolute atomic E-state index is 0.0142. The van der Waals surface area contributed by atoms with E-state index < -0.39 is 54.5 Å². The molecule has 0 saturated heterocycles. The average Bonchev–Trinajstić information content (AvgIpc) is 2.74. The maximum absolute atomic E-state index is 14.5. The topological polar surface area (TPSA) is 113 Å². The molecule has 0 radical (unpaired) electrons. The molecule has 2 aromatic rings. The first-order valence-electron chi connectivity index (χ1n) is 8.62. The summed E-state index contributed by atoms with van der Waals surface area (Å²) in [5, 5.41) is 11.2. The minimum atomic E-state index is -3.23. The fourth-order valence-electron chi connectivity index (χ4n) is 3.06. The fourth-order valence-corrected chi connectivity index (χ4v) is 3.06. The first kappa shape index (κ1) is 21.0. The monoisotopic (exact) mass is 421 g/mol. The molecule has 7 nitrogen and oxygen atoms in total. The lowest BCUT2D eigenvalue weighted by Crippen LogP contribution is -2.46. The van der Waals surface area contributed by atoms with Crippen LogP contribution in [0.1, 0.15) is 28.0 Å². The number of nitrogens with one attached hydrogen (secondary N) is 1. The number of carbonyl (C=O) groups excluding carboxylic acids is 1. The van der Waals surface area contributed by atoms with Gasteiger partial charge in [0.1, 0.15) is 30.4 Å². The van der Waals surface area contributed by atoms with Gasteiger partial charge in [0.25, 0.3) is 18.4 Å². The number of hydrogen-bond donors (Lipinski definition) is 2. The molecule has 1 aromatic heterocycles. The van der Waals surface area contributed by atoms with E-state index in [1.165, 1.54) is 24.4 Å². The number of anilines is 1. The molecule has 156 valence electrons. The maximum atomic E-state index is 14.5. The van der Waals surface area contributed by atoms with Crippen LogP contribution in [0.25, 0.3) is 0 Å². The van der Waals surface area contributed by atoms with Crippen LogP contribution in [0, 0.1) is 17.1 Å². The third kappa shape index (κ3) is 4.03. The van der Waals surface area contributed by atoms with Crippen LogP contribution < -0.4 is 11.1 Å². The Morgan fingerprint density at radius 3 is 2.77 bits per heavy atom. The molecule has 1 aliphatic rings. The van der Waals surface area contributed by atoms with Gasteiger partial charge in [0, 0.05) is 23.9 Å². The number of benzene rings is 1. The SMILES string of the molecule is N#Cc1ccc(C(=O)Nc2ccc(F)c([C@]3(C(F)F)C[C@H](CF)OC(N)=N3)c2)nc1. The lowest BCUT2D eigenvalue weighted by Gasteiger charge is -2.36. The number of nitriles is 1.